The van der Waals surface area contributed by atoms with E-state index in [1.807, 2.05) is 36.1 Å². The molecule has 1 saturated heterocycles. The predicted molar refractivity (Wildman–Crippen MR) is 90.2 cm³/mol. The van der Waals surface area contributed by atoms with E-state index in [4.69, 9.17) is 14.0 Å². The van der Waals surface area contributed by atoms with Gasteiger partial charge in [0.1, 0.15) is 12.4 Å². The van der Waals surface area contributed by atoms with Crippen LogP contribution in [0.25, 0.3) is 0 Å². The maximum absolute atomic E-state index is 12.8. The van der Waals surface area contributed by atoms with Crippen LogP contribution in [-0.4, -0.2) is 54.3 Å². The minimum absolute atomic E-state index is 0.0528. The second kappa shape index (κ2) is 7.62. The van der Waals surface area contributed by atoms with Crippen LogP contribution in [0.15, 0.2) is 28.8 Å². The van der Waals surface area contributed by atoms with E-state index in [2.05, 4.69) is 10.1 Å². The number of carbonyl (C=O) groups excluding carboxylic acids is 1. The van der Waals surface area contributed by atoms with Crippen molar-refractivity contribution < 1.29 is 18.8 Å². The molecule has 25 heavy (non-hydrogen) atoms. The fraction of sp³-hybridized carbons (Fsp3) is 0.471. The summed E-state index contributed by atoms with van der Waals surface area (Å²) in [5.41, 5.74) is 0.874. The molecule has 0 N–H and O–H groups in total. The van der Waals surface area contributed by atoms with E-state index < -0.39 is 0 Å². The molecule has 0 saturated carbocycles. The van der Waals surface area contributed by atoms with Crippen molar-refractivity contribution in [1.29, 1.82) is 0 Å². The first-order chi connectivity index (χ1) is 12.1. The van der Waals surface area contributed by atoms with Crippen molar-refractivity contribution in [3.05, 3.63) is 36.0 Å². The lowest BCUT2D eigenvalue weighted by molar-refractivity contribution is -0.125. The van der Waals surface area contributed by atoms with Crippen LogP contribution < -0.4 is 9.64 Å². The van der Waals surface area contributed by atoms with E-state index in [1.54, 1.807) is 19.1 Å². The zero-order valence-electron chi connectivity index (χ0n) is 14.6. The summed E-state index contributed by atoms with van der Waals surface area (Å²) in [6, 6.07) is 7.25. The topological polar surface area (TPSA) is 80.9 Å². The Morgan fingerprint density at radius 2 is 2.00 bits per heavy atom. The molecular formula is C17H22N4O4. The Balaban J connectivity index is 1.65. The molecule has 0 aliphatic carbocycles. The standard InChI is InChI=1S/C17H22N4O4/c1-12-17(22)21(13-4-6-14(24-3)7-5-13)9-8-20(12)10-15-18-16(11-23-2)25-19-15/h4-7,12H,8-11H2,1-3H3/t12-/m0/s1. The highest BCUT2D eigenvalue weighted by Crippen LogP contribution is 2.23. The Labute approximate surface area is 146 Å². The summed E-state index contributed by atoms with van der Waals surface area (Å²) >= 11 is 0. The molecule has 134 valence electrons. The molecule has 8 nitrogen and oxygen atoms in total. The van der Waals surface area contributed by atoms with Crippen LogP contribution in [-0.2, 0) is 22.7 Å². The summed E-state index contributed by atoms with van der Waals surface area (Å²) in [6.07, 6.45) is 0. The third kappa shape index (κ3) is 3.80. The lowest BCUT2D eigenvalue weighted by atomic mass is 10.1. The van der Waals surface area contributed by atoms with Gasteiger partial charge in [0.25, 0.3) is 5.89 Å². The Kier molecular flexibility index (Phi) is 5.30. The van der Waals surface area contributed by atoms with Crippen LogP contribution in [0.3, 0.4) is 0 Å². The number of methoxy groups -OCH3 is 2. The maximum Gasteiger partial charge on any atom is 0.252 e. The Bertz CT molecular complexity index is 716. The number of anilines is 1. The SMILES string of the molecule is COCc1nc(CN2CCN(c3ccc(OC)cc3)C(=O)[C@@H]2C)no1. The summed E-state index contributed by atoms with van der Waals surface area (Å²) in [5, 5.41) is 3.94. The van der Waals surface area contributed by atoms with Gasteiger partial charge in [0.15, 0.2) is 5.82 Å². The van der Waals surface area contributed by atoms with Crippen LogP contribution in [0.4, 0.5) is 5.69 Å². The average molecular weight is 346 g/mol. The highest BCUT2D eigenvalue weighted by atomic mass is 16.5. The fourth-order valence-electron chi connectivity index (χ4n) is 2.87. The number of ether oxygens (including phenoxy) is 2. The number of hydrogen-bond acceptors (Lipinski definition) is 7. The molecule has 1 amide bonds. The van der Waals surface area contributed by atoms with E-state index in [1.165, 1.54) is 0 Å². The zero-order valence-corrected chi connectivity index (χ0v) is 14.6. The minimum atomic E-state index is -0.264. The number of carbonyl (C=O) groups is 1. The number of hydrogen-bond donors (Lipinski definition) is 0. The predicted octanol–water partition coefficient (Wildman–Crippen LogP) is 1.46. The van der Waals surface area contributed by atoms with Crippen LogP contribution >= 0.6 is 0 Å². The molecule has 0 bridgehead atoms. The number of rotatable bonds is 6. The van der Waals surface area contributed by atoms with Gasteiger partial charge in [-0.15, -0.1) is 0 Å². The molecule has 1 aromatic heterocycles. The van der Waals surface area contributed by atoms with Gasteiger partial charge in [-0.2, -0.15) is 4.98 Å². The summed E-state index contributed by atoms with van der Waals surface area (Å²) in [5.74, 6) is 1.82. The molecular weight excluding hydrogens is 324 g/mol. The van der Waals surface area contributed by atoms with Crippen molar-refractivity contribution in [2.45, 2.75) is 26.1 Å². The van der Waals surface area contributed by atoms with Crippen molar-refractivity contribution >= 4 is 11.6 Å². The van der Waals surface area contributed by atoms with Gasteiger partial charge >= 0.3 is 0 Å². The molecule has 2 heterocycles. The number of nitrogens with zero attached hydrogens (tertiary/aromatic N) is 4. The summed E-state index contributed by atoms with van der Waals surface area (Å²) in [7, 11) is 3.19. The van der Waals surface area contributed by atoms with Gasteiger partial charge < -0.3 is 18.9 Å². The van der Waals surface area contributed by atoms with E-state index in [9.17, 15) is 4.79 Å². The van der Waals surface area contributed by atoms with Gasteiger partial charge in [-0.1, -0.05) is 5.16 Å². The van der Waals surface area contributed by atoms with Gasteiger partial charge in [0.2, 0.25) is 5.91 Å². The summed E-state index contributed by atoms with van der Waals surface area (Å²) in [4.78, 5) is 20.9. The molecule has 2 aromatic rings. The number of benzene rings is 1. The molecule has 0 unspecified atom stereocenters. The third-order valence-electron chi connectivity index (χ3n) is 4.29. The van der Waals surface area contributed by atoms with Crippen LogP contribution in [0, 0.1) is 0 Å². The molecule has 1 aromatic carbocycles. The second-order valence-electron chi connectivity index (χ2n) is 5.87. The fourth-order valence-corrected chi connectivity index (χ4v) is 2.87. The molecule has 8 heteroatoms. The monoisotopic (exact) mass is 346 g/mol. The van der Waals surface area contributed by atoms with Crippen molar-refractivity contribution in [2.75, 3.05) is 32.2 Å². The first-order valence-electron chi connectivity index (χ1n) is 8.12. The minimum Gasteiger partial charge on any atom is -0.497 e. The second-order valence-corrected chi connectivity index (χ2v) is 5.87. The quantitative estimate of drug-likeness (QED) is 0.783. The van der Waals surface area contributed by atoms with E-state index in [0.29, 0.717) is 24.8 Å². The van der Waals surface area contributed by atoms with Gasteiger partial charge in [-0.25, -0.2) is 0 Å². The molecule has 1 atom stereocenters. The third-order valence-corrected chi connectivity index (χ3v) is 4.29. The van der Waals surface area contributed by atoms with Crippen molar-refractivity contribution in [2.24, 2.45) is 0 Å². The molecule has 0 radical (unpaired) electrons. The molecule has 1 aliphatic rings. The number of piperazine rings is 1. The van der Waals surface area contributed by atoms with Crippen molar-refractivity contribution in [3.8, 4) is 5.75 Å². The molecule has 0 spiro atoms. The number of amides is 1. The van der Waals surface area contributed by atoms with E-state index >= 15 is 0 Å². The van der Waals surface area contributed by atoms with Crippen LogP contribution in [0.1, 0.15) is 18.6 Å². The van der Waals surface area contributed by atoms with Gasteiger partial charge in [0.05, 0.1) is 19.7 Å². The number of aromatic nitrogens is 2. The normalized spacial score (nSPS) is 18.6. The Morgan fingerprint density at radius 3 is 2.68 bits per heavy atom. The lowest BCUT2D eigenvalue weighted by Gasteiger charge is -2.38. The van der Waals surface area contributed by atoms with Crippen LogP contribution in [0.2, 0.25) is 0 Å². The van der Waals surface area contributed by atoms with Gasteiger partial charge in [-0.05, 0) is 31.2 Å². The first kappa shape index (κ1) is 17.4. The van der Waals surface area contributed by atoms with Crippen LogP contribution in [0.5, 0.6) is 5.75 Å². The van der Waals surface area contributed by atoms with Crippen molar-refractivity contribution in [1.82, 2.24) is 15.0 Å². The molecule has 1 fully saturated rings. The first-order valence-corrected chi connectivity index (χ1v) is 8.12. The van der Waals surface area contributed by atoms with Gasteiger partial charge in [-0.3, -0.25) is 9.69 Å². The lowest BCUT2D eigenvalue weighted by Crippen LogP contribution is -2.55. The maximum atomic E-state index is 12.8. The Morgan fingerprint density at radius 1 is 1.24 bits per heavy atom. The van der Waals surface area contributed by atoms with E-state index in [-0.39, 0.29) is 18.6 Å². The molecule has 1 aliphatic heterocycles. The highest BCUT2D eigenvalue weighted by Gasteiger charge is 2.33. The molecule has 3 rings (SSSR count). The summed E-state index contributed by atoms with van der Waals surface area (Å²) in [6.45, 7) is 3.99. The smallest absolute Gasteiger partial charge is 0.252 e. The van der Waals surface area contributed by atoms with Gasteiger partial charge in [0, 0.05) is 25.9 Å². The highest BCUT2D eigenvalue weighted by molar-refractivity contribution is 5.97. The Hall–Kier alpha value is -2.45. The zero-order chi connectivity index (χ0) is 17.8. The average Bonchev–Trinajstić information content (AvgIpc) is 3.07. The largest absolute Gasteiger partial charge is 0.497 e. The van der Waals surface area contributed by atoms with E-state index in [0.717, 1.165) is 18.0 Å². The summed E-state index contributed by atoms with van der Waals surface area (Å²) < 4.78 is 15.2. The van der Waals surface area contributed by atoms with Crippen molar-refractivity contribution in [3.63, 3.8) is 0 Å².